The second-order valence-electron chi connectivity index (χ2n) is 11.0. The zero-order valence-electron chi connectivity index (χ0n) is 21.9. The van der Waals surface area contributed by atoms with Crippen molar-refractivity contribution in [1.29, 1.82) is 0 Å². The lowest BCUT2D eigenvalue weighted by molar-refractivity contribution is -0.141. The number of alkyl halides is 3. The summed E-state index contributed by atoms with van der Waals surface area (Å²) >= 11 is 0. The van der Waals surface area contributed by atoms with E-state index in [1.54, 1.807) is 13.3 Å². The summed E-state index contributed by atoms with van der Waals surface area (Å²) in [5.74, 6) is 1.36. The number of H-pyrrole nitrogens is 1. The number of fused-ring (bicyclic) bond motifs is 1. The molecule has 2 saturated carbocycles. The molecule has 0 amide bonds. The number of nitrogens with zero attached hydrogens (tertiary/aromatic N) is 5. The van der Waals surface area contributed by atoms with Crippen LogP contribution in [0.3, 0.4) is 0 Å². The highest BCUT2D eigenvalue weighted by Gasteiger charge is 2.36. The van der Waals surface area contributed by atoms with Gasteiger partial charge in [-0.25, -0.2) is 4.98 Å². The first-order valence-electron chi connectivity index (χ1n) is 13.5. The zero-order valence-corrected chi connectivity index (χ0v) is 21.9. The molecule has 0 radical (unpaired) electrons. The number of nitrogens with one attached hydrogen (secondary N) is 2. The van der Waals surface area contributed by atoms with Crippen molar-refractivity contribution in [2.75, 3.05) is 0 Å². The van der Waals surface area contributed by atoms with Crippen LogP contribution in [-0.4, -0.2) is 47.2 Å². The van der Waals surface area contributed by atoms with Crippen molar-refractivity contribution < 1.29 is 18.3 Å². The van der Waals surface area contributed by atoms with Gasteiger partial charge in [-0.15, -0.1) is 10.2 Å². The van der Waals surface area contributed by atoms with E-state index in [9.17, 15) is 18.3 Å². The van der Waals surface area contributed by atoms with Crippen LogP contribution in [0, 0.1) is 5.92 Å². The van der Waals surface area contributed by atoms with Gasteiger partial charge >= 0.3 is 6.18 Å². The Morgan fingerprint density at radius 1 is 1.13 bits per heavy atom. The molecule has 2 aliphatic carbocycles. The van der Waals surface area contributed by atoms with Gasteiger partial charge in [0.1, 0.15) is 23.5 Å². The molecule has 206 valence electrons. The number of aryl methyl sites for hydroxylation is 1. The Bertz CT molecular complexity index is 1480. The number of aromatic amines is 1. The molecule has 6 rings (SSSR count). The van der Waals surface area contributed by atoms with Crippen LogP contribution in [-0.2, 0) is 13.2 Å². The highest BCUT2D eigenvalue weighted by molar-refractivity contribution is 5.94. The highest BCUT2D eigenvalue weighted by atomic mass is 19.4. The maximum atomic E-state index is 14.0. The largest absolute Gasteiger partial charge is 0.433 e. The summed E-state index contributed by atoms with van der Waals surface area (Å²) in [4.78, 5) is 4.02. The van der Waals surface area contributed by atoms with Crippen molar-refractivity contribution in [1.82, 2.24) is 35.3 Å². The van der Waals surface area contributed by atoms with Crippen molar-refractivity contribution in [2.24, 2.45) is 13.0 Å². The molecule has 2 fully saturated rings. The van der Waals surface area contributed by atoms with E-state index in [4.69, 9.17) is 0 Å². The number of benzene rings is 1. The van der Waals surface area contributed by atoms with Crippen molar-refractivity contribution in [2.45, 2.75) is 75.7 Å². The fourth-order valence-corrected chi connectivity index (χ4v) is 6.11. The number of aliphatic hydroxyl groups is 1. The number of hydrogen-bond donors (Lipinski definition) is 3. The van der Waals surface area contributed by atoms with Gasteiger partial charge in [-0.1, -0.05) is 24.6 Å². The maximum Gasteiger partial charge on any atom is 0.433 e. The molecule has 0 bridgehead atoms. The normalized spacial score (nSPS) is 21.8. The van der Waals surface area contributed by atoms with E-state index in [1.165, 1.54) is 6.42 Å². The SMILES string of the molecule is C[C@H](NC1CCC[C@@H]1O)c1nc(C(F)(F)F)cc2c(-c3cccc([C@H](c4nncn4C)C4CCC4)c3)n[nH]c12. The molecule has 1 unspecified atom stereocenters. The molecule has 1 aromatic carbocycles. The molecule has 8 nitrogen and oxygen atoms in total. The van der Waals surface area contributed by atoms with Crippen LogP contribution in [0.4, 0.5) is 13.2 Å². The van der Waals surface area contributed by atoms with Gasteiger partial charge in [0.15, 0.2) is 0 Å². The summed E-state index contributed by atoms with van der Waals surface area (Å²) in [5, 5.41) is 29.9. The third kappa shape index (κ3) is 4.82. The number of halogens is 3. The number of aliphatic hydroxyl groups excluding tert-OH is 1. The summed E-state index contributed by atoms with van der Waals surface area (Å²) in [6.45, 7) is 1.78. The summed E-state index contributed by atoms with van der Waals surface area (Å²) in [6, 6.07) is 8.22. The van der Waals surface area contributed by atoms with E-state index < -0.39 is 24.0 Å². The lowest BCUT2D eigenvalue weighted by Gasteiger charge is -2.33. The summed E-state index contributed by atoms with van der Waals surface area (Å²) in [6.07, 6.45) is 2.23. The molecule has 4 aromatic rings. The van der Waals surface area contributed by atoms with Crippen molar-refractivity contribution in [3.05, 3.63) is 59.4 Å². The topological polar surface area (TPSA) is 105 Å². The minimum absolute atomic E-state index is 0.0430. The van der Waals surface area contributed by atoms with Crippen molar-refractivity contribution in [3.8, 4) is 11.3 Å². The Labute approximate surface area is 224 Å². The average molecular weight is 540 g/mol. The zero-order chi connectivity index (χ0) is 27.3. The molecule has 3 N–H and O–H groups in total. The molecule has 3 heterocycles. The number of aromatic nitrogens is 6. The molecule has 4 atom stereocenters. The van der Waals surface area contributed by atoms with Crippen LogP contribution in [0.1, 0.15) is 80.2 Å². The molecule has 0 aliphatic heterocycles. The van der Waals surface area contributed by atoms with Crippen LogP contribution in [0.5, 0.6) is 0 Å². The van der Waals surface area contributed by atoms with Gasteiger partial charge in [0.25, 0.3) is 0 Å². The molecule has 0 spiro atoms. The fraction of sp³-hybridized carbons (Fsp3) is 0.500. The molecular weight excluding hydrogens is 507 g/mol. The minimum Gasteiger partial charge on any atom is -0.392 e. The lowest BCUT2D eigenvalue weighted by Crippen LogP contribution is -2.37. The standard InChI is InChI=1S/C28H32F3N7O/c1-15(33-20-10-5-11-21(20)39)24-26-19(13-22(34-24)28(29,30)31)25(35-36-26)18-9-4-8-17(12-18)23(16-6-3-7-16)27-37-32-14-38(27)2/h4,8-9,12-16,20-21,23,33,39H,3,5-7,10-11H2,1-2H3,(H,35,36)/t15-,20?,21-,23+/m0/s1. The van der Waals surface area contributed by atoms with Crippen LogP contribution in [0.2, 0.25) is 0 Å². The van der Waals surface area contributed by atoms with Crippen LogP contribution < -0.4 is 5.32 Å². The van der Waals surface area contributed by atoms with Gasteiger partial charge in [-0.2, -0.15) is 18.3 Å². The van der Waals surface area contributed by atoms with Gasteiger partial charge in [0, 0.05) is 36.0 Å². The Hall–Kier alpha value is -3.31. The Morgan fingerprint density at radius 3 is 2.56 bits per heavy atom. The first kappa shape index (κ1) is 25.9. The lowest BCUT2D eigenvalue weighted by atomic mass is 9.72. The predicted octanol–water partition coefficient (Wildman–Crippen LogP) is 5.27. The molecule has 3 aromatic heterocycles. The number of rotatable bonds is 7. The summed E-state index contributed by atoms with van der Waals surface area (Å²) < 4.78 is 43.9. The predicted molar refractivity (Wildman–Crippen MR) is 140 cm³/mol. The number of pyridine rings is 1. The van der Waals surface area contributed by atoms with E-state index in [1.807, 2.05) is 35.9 Å². The number of hydrogen-bond acceptors (Lipinski definition) is 6. The van der Waals surface area contributed by atoms with E-state index >= 15 is 0 Å². The van der Waals surface area contributed by atoms with Crippen LogP contribution >= 0.6 is 0 Å². The van der Waals surface area contributed by atoms with E-state index in [0.717, 1.165) is 48.7 Å². The Kier molecular flexibility index (Phi) is 6.66. The van der Waals surface area contributed by atoms with E-state index in [-0.39, 0.29) is 17.7 Å². The van der Waals surface area contributed by atoms with Gasteiger partial charge in [0.2, 0.25) is 0 Å². The monoisotopic (exact) mass is 539 g/mol. The Balaban J connectivity index is 1.43. The summed E-state index contributed by atoms with van der Waals surface area (Å²) in [7, 11) is 1.93. The van der Waals surface area contributed by atoms with Crippen LogP contribution in [0.15, 0.2) is 36.7 Å². The van der Waals surface area contributed by atoms with Crippen molar-refractivity contribution in [3.63, 3.8) is 0 Å². The Morgan fingerprint density at radius 2 is 1.92 bits per heavy atom. The highest BCUT2D eigenvalue weighted by Crippen LogP contribution is 2.44. The second kappa shape index (κ2) is 10.0. The van der Waals surface area contributed by atoms with Gasteiger partial charge < -0.3 is 15.0 Å². The molecule has 2 aliphatic rings. The van der Waals surface area contributed by atoms with Gasteiger partial charge in [-0.3, -0.25) is 5.10 Å². The first-order chi connectivity index (χ1) is 18.7. The van der Waals surface area contributed by atoms with Crippen LogP contribution in [0.25, 0.3) is 22.2 Å². The average Bonchev–Trinajstić information content (AvgIpc) is 3.60. The van der Waals surface area contributed by atoms with Gasteiger partial charge in [0.05, 0.1) is 17.3 Å². The van der Waals surface area contributed by atoms with E-state index in [2.05, 4.69) is 30.7 Å². The molecule has 0 saturated heterocycles. The smallest absolute Gasteiger partial charge is 0.392 e. The molecular formula is C28H32F3N7O. The second-order valence-corrected chi connectivity index (χ2v) is 11.0. The summed E-state index contributed by atoms with van der Waals surface area (Å²) in [5.41, 5.74) is 1.94. The first-order valence-corrected chi connectivity index (χ1v) is 13.5. The minimum atomic E-state index is -4.62. The third-order valence-electron chi connectivity index (χ3n) is 8.39. The quantitative estimate of drug-likeness (QED) is 0.296. The third-order valence-corrected chi connectivity index (χ3v) is 8.39. The van der Waals surface area contributed by atoms with Gasteiger partial charge in [-0.05, 0) is 62.6 Å². The van der Waals surface area contributed by atoms with Crippen molar-refractivity contribution >= 4 is 10.9 Å². The molecule has 11 heteroatoms. The fourth-order valence-electron chi connectivity index (χ4n) is 6.11. The van der Waals surface area contributed by atoms with E-state index in [0.29, 0.717) is 28.9 Å². The maximum absolute atomic E-state index is 14.0. The molecule has 39 heavy (non-hydrogen) atoms.